The van der Waals surface area contributed by atoms with Crippen molar-refractivity contribution in [2.24, 2.45) is 5.73 Å². The van der Waals surface area contributed by atoms with Gasteiger partial charge < -0.3 is 5.73 Å². The van der Waals surface area contributed by atoms with Crippen LogP contribution in [0.3, 0.4) is 0 Å². The Hall–Kier alpha value is -1.18. The molecule has 2 rings (SSSR count). The van der Waals surface area contributed by atoms with Crippen LogP contribution in [0, 0.1) is 0 Å². The van der Waals surface area contributed by atoms with E-state index in [0.717, 1.165) is 12.8 Å². The molecule has 0 spiro atoms. The van der Waals surface area contributed by atoms with Gasteiger partial charge in [-0.1, -0.05) is 6.08 Å². The second-order valence-corrected chi connectivity index (χ2v) is 6.21. The molecule has 0 radical (unpaired) electrons. The number of hydrogen-bond donors (Lipinski definition) is 1. The van der Waals surface area contributed by atoms with Gasteiger partial charge in [-0.05, 0) is 12.8 Å². The van der Waals surface area contributed by atoms with Crippen LogP contribution in [-0.2, 0) is 16.6 Å². The minimum Gasteiger partial charge on any atom is -0.329 e. The van der Waals surface area contributed by atoms with Crippen molar-refractivity contribution in [3.8, 4) is 0 Å². The third-order valence-corrected chi connectivity index (χ3v) is 4.71. The van der Waals surface area contributed by atoms with Crippen molar-refractivity contribution in [1.29, 1.82) is 0 Å². The zero-order valence-electron chi connectivity index (χ0n) is 10.2. The minimum atomic E-state index is -3.46. The van der Waals surface area contributed by atoms with Crippen LogP contribution in [0.4, 0.5) is 0 Å². The van der Waals surface area contributed by atoms with Gasteiger partial charge in [-0.3, -0.25) is 4.68 Å². The maximum atomic E-state index is 12.4. The highest BCUT2D eigenvalue weighted by Crippen LogP contribution is 2.31. The fourth-order valence-electron chi connectivity index (χ4n) is 1.80. The van der Waals surface area contributed by atoms with Crippen molar-refractivity contribution < 1.29 is 8.42 Å². The SMILES string of the molecule is C=CCN(C1CC1)S(=O)(=O)c1cnn(CCN)c1. The fourth-order valence-corrected chi connectivity index (χ4v) is 3.41. The molecule has 6 nitrogen and oxygen atoms in total. The first-order valence-electron chi connectivity index (χ1n) is 5.95. The van der Waals surface area contributed by atoms with Gasteiger partial charge >= 0.3 is 0 Å². The molecule has 18 heavy (non-hydrogen) atoms. The largest absolute Gasteiger partial charge is 0.329 e. The van der Waals surface area contributed by atoms with E-state index in [9.17, 15) is 8.42 Å². The highest BCUT2D eigenvalue weighted by molar-refractivity contribution is 7.89. The van der Waals surface area contributed by atoms with Crippen LogP contribution in [0.15, 0.2) is 29.9 Å². The summed E-state index contributed by atoms with van der Waals surface area (Å²) in [7, 11) is -3.46. The summed E-state index contributed by atoms with van der Waals surface area (Å²) in [6, 6.07) is 0.117. The minimum absolute atomic E-state index is 0.117. The molecule has 0 aliphatic heterocycles. The van der Waals surface area contributed by atoms with Gasteiger partial charge in [-0.25, -0.2) is 8.42 Å². The molecule has 1 aromatic rings. The van der Waals surface area contributed by atoms with E-state index in [1.165, 1.54) is 16.7 Å². The van der Waals surface area contributed by atoms with Crippen molar-refractivity contribution in [2.75, 3.05) is 13.1 Å². The summed E-state index contributed by atoms with van der Waals surface area (Å²) in [5, 5.41) is 4.00. The van der Waals surface area contributed by atoms with E-state index in [1.807, 2.05) is 0 Å². The Bertz CT molecular complexity index is 519. The number of nitrogens with zero attached hydrogens (tertiary/aromatic N) is 3. The molecular formula is C11H18N4O2S. The number of nitrogens with two attached hydrogens (primary N) is 1. The predicted octanol–water partition coefficient (Wildman–Crippen LogP) is 0.181. The molecule has 0 unspecified atom stereocenters. The number of sulfonamides is 1. The maximum absolute atomic E-state index is 12.4. The Morgan fingerprint density at radius 2 is 2.33 bits per heavy atom. The smallest absolute Gasteiger partial charge is 0.246 e. The van der Waals surface area contributed by atoms with E-state index in [0.29, 0.717) is 19.6 Å². The molecule has 1 saturated carbocycles. The summed E-state index contributed by atoms with van der Waals surface area (Å²) in [5.41, 5.74) is 5.41. The van der Waals surface area contributed by atoms with Gasteiger partial charge in [0.15, 0.2) is 0 Å². The van der Waals surface area contributed by atoms with Gasteiger partial charge in [0, 0.05) is 25.3 Å². The molecule has 7 heteroatoms. The van der Waals surface area contributed by atoms with Crippen molar-refractivity contribution in [1.82, 2.24) is 14.1 Å². The monoisotopic (exact) mass is 270 g/mol. The van der Waals surface area contributed by atoms with E-state index in [1.54, 1.807) is 10.8 Å². The summed E-state index contributed by atoms with van der Waals surface area (Å²) in [5.74, 6) is 0. The quantitative estimate of drug-likeness (QED) is 0.717. The highest BCUT2D eigenvalue weighted by Gasteiger charge is 2.37. The molecule has 0 saturated heterocycles. The molecule has 0 atom stereocenters. The van der Waals surface area contributed by atoms with Crippen LogP contribution in [0.5, 0.6) is 0 Å². The number of rotatable bonds is 7. The summed E-state index contributed by atoms with van der Waals surface area (Å²) in [4.78, 5) is 0.227. The average molecular weight is 270 g/mol. The molecule has 100 valence electrons. The first kappa shape index (κ1) is 13.3. The van der Waals surface area contributed by atoms with Crippen molar-refractivity contribution >= 4 is 10.0 Å². The third kappa shape index (κ3) is 2.63. The van der Waals surface area contributed by atoms with Crippen LogP contribution in [0.25, 0.3) is 0 Å². The zero-order valence-corrected chi connectivity index (χ0v) is 11.0. The summed E-state index contributed by atoms with van der Waals surface area (Å²) in [6.07, 6.45) is 6.36. The van der Waals surface area contributed by atoms with Gasteiger partial charge in [0.25, 0.3) is 0 Å². The molecule has 1 aliphatic carbocycles. The first-order valence-corrected chi connectivity index (χ1v) is 7.39. The van der Waals surface area contributed by atoms with Gasteiger partial charge in [0.1, 0.15) is 4.90 Å². The Balaban J connectivity index is 2.24. The van der Waals surface area contributed by atoms with Crippen LogP contribution < -0.4 is 5.73 Å². The summed E-state index contributed by atoms with van der Waals surface area (Å²) < 4.78 is 27.9. The number of aromatic nitrogens is 2. The lowest BCUT2D eigenvalue weighted by molar-refractivity contribution is 0.436. The fraction of sp³-hybridized carbons (Fsp3) is 0.545. The van der Waals surface area contributed by atoms with E-state index < -0.39 is 10.0 Å². The molecule has 0 bridgehead atoms. The standard InChI is InChI=1S/C11H18N4O2S/c1-2-6-15(10-3-4-10)18(16,17)11-8-13-14(9-11)7-5-12/h2,8-10H,1,3-7,12H2. The summed E-state index contributed by atoms with van der Waals surface area (Å²) in [6.45, 7) is 4.90. The van der Waals surface area contributed by atoms with Crippen LogP contribution in [-0.4, -0.2) is 41.6 Å². The Morgan fingerprint density at radius 3 is 2.89 bits per heavy atom. The lowest BCUT2D eigenvalue weighted by Crippen LogP contribution is -2.33. The second kappa shape index (κ2) is 5.21. The molecular weight excluding hydrogens is 252 g/mol. The van der Waals surface area contributed by atoms with Gasteiger partial charge in [0.05, 0.1) is 12.7 Å². The highest BCUT2D eigenvalue weighted by atomic mass is 32.2. The van der Waals surface area contributed by atoms with Crippen molar-refractivity contribution in [3.05, 3.63) is 25.0 Å². The molecule has 0 amide bonds. The van der Waals surface area contributed by atoms with E-state index in [4.69, 9.17) is 5.73 Å². The van der Waals surface area contributed by atoms with Crippen LogP contribution in [0.2, 0.25) is 0 Å². The topological polar surface area (TPSA) is 81.2 Å². The van der Waals surface area contributed by atoms with Crippen LogP contribution >= 0.6 is 0 Å². The average Bonchev–Trinajstić information content (AvgIpc) is 3.05. The molecule has 1 fully saturated rings. The molecule has 1 heterocycles. The lowest BCUT2D eigenvalue weighted by Gasteiger charge is -2.18. The number of hydrogen-bond acceptors (Lipinski definition) is 4. The van der Waals surface area contributed by atoms with Gasteiger partial charge in [-0.15, -0.1) is 6.58 Å². The predicted molar refractivity (Wildman–Crippen MR) is 68.4 cm³/mol. The van der Waals surface area contributed by atoms with Gasteiger partial charge in [0.2, 0.25) is 10.0 Å². The Morgan fingerprint density at radius 1 is 1.61 bits per heavy atom. The lowest BCUT2D eigenvalue weighted by atomic mass is 10.6. The Labute approximate surface area is 107 Å². The summed E-state index contributed by atoms with van der Waals surface area (Å²) >= 11 is 0. The van der Waals surface area contributed by atoms with Crippen molar-refractivity contribution in [2.45, 2.75) is 30.3 Å². The first-order chi connectivity index (χ1) is 8.59. The van der Waals surface area contributed by atoms with E-state index in [2.05, 4.69) is 11.7 Å². The molecule has 1 aliphatic rings. The van der Waals surface area contributed by atoms with E-state index >= 15 is 0 Å². The van der Waals surface area contributed by atoms with Crippen molar-refractivity contribution in [3.63, 3.8) is 0 Å². The molecule has 0 aromatic carbocycles. The van der Waals surface area contributed by atoms with Gasteiger partial charge in [-0.2, -0.15) is 9.40 Å². The van der Waals surface area contributed by atoms with E-state index in [-0.39, 0.29) is 10.9 Å². The second-order valence-electron chi connectivity index (χ2n) is 4.32. The Kier molecular flexibility index (Phi) is 3.84. The maximum Gasteiger partial charge on any atom is 0.246 e. The zero-order chi connectivity index (χ0) is 13.2. The molecule has 1 aromatic heterocycles. The normalized spacial score (nSPS) is 16.1. The van der Waals surface area contributed by atoms with Crippen LogP contribution in [0.1, 0.15) is 12.8 Å². The third-order valence-electron chi connectivity index (χ3n) is 2.84. The molecule has 2 N–H and O–H groups in total.